The highest BCUT2D eigenvalue weighted by Crippen LogP contribution is 2.47. The molecule has 0 radical (unpaired) electrons. The van der Waals surface area contributed by atoms with Gasteiger partial charge in [-0.25, -0.2) is 13.1 Å². The van der Waals surface area contributed by atoms with Crippen LogP contribution in [0.5, 0.6) is 5.75 Å². The number of benzene rings is 1. The molecule has 1 aliphatic carbocycles. The highest BCUT2D eigenvalue weighted by molar-refractivity contribution is 7.89. The van der Waals surface area contributed by atoms with Gasteiger partial charge in [-0.05, 0) is 54.9 Å². The van der Waals surface area contributed by atoms with Crippen LogP contribution >= 0.6 is 0 Å². The number of aromatic nitrogens is 1. The minimum Gasteiger partial charge on any atom is -0.492 e. The molecule has 222 valence electrons. The van der Waals surface area contributed by atoms with Gasteiger partial charge in [0.15, 0.2) is 0 Å². The Morgan fingerprint density at radius 2 is 1.75 bits per heavy atom. The van der Waals surface area contributed by atoms with E-state index in [0.717, 1.165) is 42.3 Å². The van der Waals surface area contributed by atoms with Crippen LogP contribution in [0.15, 0.2) is 23.1 Å². The molecule has 1 aromatic heterocycles. The summed E-state index contributed by atoms with van der Waals surface area (Å²) < 4.78 is 44.3. The zero-order valence-corrected chi connectivity index (χ0v) is 26.3. The predicted octanol–water partition coefficient (Wildman–Crippen LogP) is 5.62. The van der Waals surface area contributed by atoms with E-state index in [4.69, 9.17) is 9.47 Å². The molecule has 3 aliphatic rings. The van der Waals surface area contributed by atoms with Gasteiger partial charge in [-0.1, -0.05) is 53.9 Å². The number of rotatable bonds is 8. The zero-order valence-electron chi connectivity index (χ0n) is 25.4. The fraction of sp³-hybridized carbons (Fsp3) is 0.688. The van der Waals surface area contributed by atoms with Gasteiger partial charge in [-0.3, -0.25) is 4.90 Å². The maximum atomic E-state index is 13.7. The molecular weight excluding hydrogens is 522 g/mol. The van der Waals surface area contributed by atoms with Crippen LogP contribution in [0.2, 0.25) is 0 Å². The summed E-state index contributed by atoms with van der Waals surface area (Å²) in [5, 5.41) is 0. The van der Waals surface area contributed by atoms with E-state index in [1.54, 1.807) is 0 Å². The summed E-state index contributed by atoms with van der Waals surface area (Å²) in [6.07, 6.45) is 6.22. The van der Waals surface area contributed by atoms with E-state index < -0.39 is 10.0 Å². The molecule has 1 aromatic carbocycles. The lowest BCUT2D eigenvalue weighted by atomic mass is 9.79. The molecule has 2 fully saturated rings. The Balaban J connectivity index is 1.54. The third-order valence-corrected chi connectivity index (χ3v) is 10.7. The highest BCUT2D eigenvalue weighted by atomic mass is 32.2. The average molecular weight is 572 g/mol. The predicted molar refractivity (Wildman–Crippen MR) is 161 cm³/mol. The minimum atomic E-state index is -3.67. The van der Waals surface area contributed by atoms with Gasteiger partial charge in [0.2, 0.25) is 10.0 Å². The first-order valence-electron chi connectivity index (χ1n) is 15.2. The summed E-state index contributed by atoms with van der Waals surface area (Å²) in [6, 6.07) is 6.42. The van der Waals surface area contributed by atoms with Crippen molar-refractivity contribution in [2.45, 2.75) is 95.9 Å². The molecule has 0 amide bonds. The Morgan fingerprint density at radius 3 is 2.42 bits per heavy atom. The third kappa shape index (κ3) is 6.15. The SMILES string of the molecule is Cc1c(S(=O)(=O)NCCN2CCOCC2)cc(-c2cc(C(C)(C)C)c3c(c2)C(C)(C)CO3)n1CC1CCCCC1. The van der Waals surface area contributed by atoms with Crippen molar-refractivity contribution in [3.8, 4) is 17.0 Å². The van der Waals surface area contributed by atoms with Crippen molar-refractivity contribution >= 4 is 10.0 Å². The third-order valence-electron chi connectivity index (χ3n) is 9.10. The Kier molecular flexibility index (Phi) is 8.46. The van der Waals surface area contributed by atoms with Crippen LogP contribution < -0.4 is 9.46 Å². The largest absolute Gasteiger partial charge is 0.492 e. The Bertz CT molecular complexity index is 1310. The van der Waals surface area contributed by atoms with E-state index in [1.807, 2.05) is 13.0 Å². The second-order valence-electron chi connectivity index (χ2n) is 13.8. The van der Waals surface area contributed by atoms with Crippen LogP contribution in [0.4, 0.5) is 0 Å². The molecule has 3 heterocycles. The lowest BCUT2D eigenvalue weighted by Crippen LogP contribution is -2.41. The van der Waals surface area contributed by atoms with Gasteiger partial charge in [0, 0.05) is 60.7 Å². The summed E-state index contributed by atoms with van der Waals surface area (Å²) in [7, 11) is -3.67. The molecule has 8 heteroatoms. The number of fused-ring (bicyclic) bond motifs is 1. The van der Waals surface area contributed by atoms with Gasteiger partial charge in [0.05, 0.1) is 19.8 Å². The first-order valence-corrected chi connectivity index (χ1v) is 16.7. The van der Waals surface area contributed by atoms with Crippen molar-refractivity contribution in [1.29, 1.82) is 0 Å². The highest BCUT2D eigenvalue weighted by Gasteiger charge is 2.37. The molecule has 40 heavy (non-hydrogen) atoms. The number of sulfonamides is 1. The summed E-state index contributed by atoms with van der Waals surface area (Å²) in [4.78, 5) is 2.65. The quantitative estimate of drug-likeness (QED) is 0.445. The summed E-state index contributed by atoms with van der Waals surface area (Å²) in [6.45, 7) is 18.8. The van der Waals surface area contributed by atoms with Crippen molar-refractivity contribution in [2.24, 2.45) is 5.92 Å². The minimum absolute atomic E-state index is 0.100. The van der Waals surface area contributed by atoms with Crippen LogP contribution in [0.25, 0.3) is 11.3 Å². The van der Waals surface area contributed by atoms with Gasteiger partial charge in [-0.2, -0.15) is 0 Å². The molecule has 1 N–H and O–H groups in total. The summed E-state index contributed by atoms with van der Waals surface area (Å²) in [5.41, 5.74) is 5.09. The van der Waals surface area contributed by atoms with Crippen molar-refractivity contribution < 1.29 is 17.9 Å². The molecule has 2 aliphatic heterocycles. The number of ether oxygens (including phenoxy) is 2. The molecule has 5 rings (SSSR count). The van der Waals surface area contributed by atoms with Crippen molar-refractivity contribution in [2.75, 3.05) is 46.0 Å². The lowest BCUT2D eigenvalue weighted by Gasteiger charge is -2.26. The van der Waals surface area contributed by atoms with Crippen molar-refractivity contribution in [1.82, 2.24) is 14.2 Å². The van der Waals surface area contributed by atoms with Crippen LogP contribution in [-0.2, 0) is 32.1 Å². The fourth-order valence-electron chi connectivity index (χ4n) is 6.56. The molecule has 0 bridgehead atoms. The molecule has 2 aromatic rings. The topological polar surface area (TPSA) is 72.8 Å². The van der Waals surface area contributed by atoms with E-state index in [0.29, 0.717) is 43.7 Å². The van der Waals surface area contributed by atoms with Gasteiger partial charge in [-0.15, -0.1) is 0 Å². The summed E-state index contributed by atoms with van der Waals surface area (Å²) in [5.74, 6) is 1.57. The molecule has 0 unspecified atom stereocenters. The zero-order chi connectivity index (χ0) is 28.7. The number of hydrogen-bond acceptors (Lipinski definition) is 5. The van der Waals surface area contributed by atoms with Crippen LogP contribution in [0.3, 0.4) is 0 Å². The fourth-order valence-corrected chi connectivity index (χ4v) is 7.84. The normalized spacial score (nSPS) is 20.4. The molecule has 1 saturated carbocycles. The van der Waals surface area contributed by atoms with E-state index in [2.05, 4.69) is 60.9 Å². The van der Waals surface area contributed by atoms with Gasteiger partial charge < -0.3 is 14.0 Å². The summed E-state index contributed by atoms with van der Waals surface area (Å²) >= 11 is 0. The number of nitrogens with one attached hydrogen (secondary N) is 1. The van der Waals surface area contributed by atoms with Gasteiger partial charge in [0.25, 0.3) is 0 Å². The second kappa shape index (κ2) is 11.4. The van der Waals surface area contributed by atoms with Crippen molar-refractivity contribution in [3.05, 3.63) is 35.0 Å². The molecular formula is C32H49N3O4S. The number of nitrogens with zero attached hydrogens (tertiary/aromatic N) is 2. The first-order chi connectivity index (χ1) is 18.9. The Hall–Kier alpha value is -1.87. The van der Waals surface area contributed by atoms with Crippen LogP contribution in [0.1, 0.15) is 83.5 Å². The van der Waals surface area contributed by atoms with Crippen LogP contribution in [0, 0.1) is 12.8 Å². The molecule has 1 saturated heterocycles. The molecule has 7 nitrogen and oxygen atoms in total. The number of morpholine rings is 1. The second-order valence-corrected chi connectivity index (χ2v) is 15.5. The van der Waals surface area contributed by atoms with E-state index in [-0.39, 0.29) is 10.8 Å². The van der Waals surface area contributed by atoms with Gasteiger partial charge >= 0.3 is 0 Å². The van der Waals surface area contributed by atoms with E-state index in [1.165, 1.54) is 43.2 Å². The van der Waals surface area contributed by atoms with Crippen molar-refractivity contribution in [3.63, 3.8) is 0 Å². The van der Waals surface area contributed by atoms with Crippen LogP contribution in [-0.4, -0.2) is 63.9 Å². The van der Waals surface area contributed by atoms with E-state index >= 15 is 0 Å². The lowest BCUT2D eigenvalue weighted by molar-refractivity contribution is 0.0390. The monoisotopic (exact) mass is 571 g/mol. The van der Waals surface area contributed by atoms with Gasteiger partial charge in [0.1, 0.15) is 10.6 Å². The molecule has 0 atom stereocenters. The van der Waals surface area contributed by atoms with E-state index in [9.17, 15) is 8.42 Å². The molecule has 0 spiro atoms. The Morgan fingerprint density at radius 1 is 1.05 bits per heavy atom. The first kappa shape index (κ1) is 29.6. The average Bonchev–Trinajstić information content (AvgIpc) is 3.40. The smallest absolute Gasteiger partial charge is 0.242 e. The standard InChI is InChI=1S/C32H49N3O4S/c1-23-29(40(36,37)33-12-13-34-14-16-38-17-15-34)20-28(35(23)21-24-10-8-7-9-11-24)25-18-26(31(2,3)4)30-27(19-25)32(5,6)22-39-30/h18-20,24,33H,7-17,21-22H2,1-6H3. The Labute approximate surface area is 241 Å². The maximum absolute atomic E-state index is 13.7. The number of hydrogen-bond donors (Lipinski definition) is 1. The maximum Gasteiger partial charge on any atom is 0.242 e.